The smallest absolute Gasteiger partial charge is 0.315 e. The van der Waals surface area contributed by atoms with Crippen molar-refractivity contribution in [1.82, 2.24) is 15.5 Å². The third-order valence-electron chi connectivity index (χ3n) is 3.99. The number of hydrogen-bond acceptors (Lipinski definition) is 3. The fraction of sp³-hybridized carbons (Fsp3) is 0.625. The Bertz CT molecular complexity index is 470. The number of nitrogens with one attached hydrogen (secondary N) is 2. The second-order valence-electron chi connectivity index (χ2n) is 5.87. The van der Waals surface area contributed by atoms with Gasteiger partial charge in [0.15, 0.2) is 0 Å². The van der Waals surface area contributed by atoms with Gasteiger partial charge < -0.3 is 15.5 Å². The van der Waals surface area contributed by atoms with Crippen LogP contribution in [0.3, 0.4) is 0 Å². The molecule has 0 saturated heterocycles. The van der Waals surface area contributed by atoms with Gasteiger partial charge in [-0.3, -0.25) is 4.79 Å². The van der Waals surface area contributed by atoms with Crippen molar-refractivity contribution >= 4 is 23.3 Å². The second kappa shape index (κ2) is 8.78. The summed E-state index contributed by atoms with van der Waals surface area (Å²) in [7, 11) is 1.79. The predicted octanol–water partition coefficient (Wildman–Crippen LogP) is 2.73. The summed E-state index contributed by atoms with van der Waals surface area (Å²) in [5, 5.41) is 9.81. The molecule has 1 saturated carbocycles. The highest BCUT2D eigenvalue weighted by Crippen LogP contribution is 2.17. The molecule has 1 heterocycles. The highest BCUT2D eigenvalue weighted by molar-refractivity contribution is 7.07. The zero-order chi connectivity index (χ0) is 15.8. The van der Waals surface area contributed by atoms with Crippen LogP contribution in [-0.4, -0.2) is 36.5 Å². The number of amides is 3. The van der Waals surface area contributed by atoms with Crippen LogP contribution in [0, 0.1) is 0 Å². The summed E-state index contributed by atoms with van der Waals surface area (Å²) in [6.07, 6.45) is 6.11. The van der Waals surface area contributed by atoms with E-state index in [1.54, 1.807) is 23.3 Å². The Labute approximate surface area is 136 Å². The van der Waals surface area contributed by atoms with Crippen molar-refractivity contribution in [2.75, 3.05) is 13.6 Å². The van der Waals surface area contributed by atoms with Crippen molar-refractivity contribution in [3.8, 4) is 0 Å². The van der Waals surface area contributed by atoms with Crippen LogP contribution >= 0.6 is 11.3 Å². The number of carbonyl (C=O) groups is 2. The highest BCUT2D eigenvalue weighted by Gasteiger charge is 2.15. The van der Waals surface area contributed by atoms with Gasteiger partial charge in [-0.2, -0.15) is 11.3 Å². The minimum absolute atomic E-state index is 0.0455. The van der Waals surface area contributed by atoms with E-state index in [0.717, 1.165) is 18.4 Å². The van der Waals surface area contributed by atoms with E-state index in [1.165, 1.54) is 19.3 Å². The van der Waals surface area contributed by atoms with Gasteiger partial charge in [-0.15, -0.1) is 0 Å². The molecule has 0 unspecified atom stereocenters. The number of urea groups is 1. The first-order valence-electron chi connectivity index (χ1n) is 7.94. The summed E-state index contributed by atoms with van der Waals surface area (Å²) in [5.74, 6) is 0.0455. The molecule has 122 valence electrons. The summed E-state index contributed by atoms with van der Waals surface area (Å²) in [6.45, 7) is 1.00. The maximum atomic E-state index is 12.0. The van der Waals surface area contributed by atoms with E-state index < -0.39 is 0 Å². The lowest BCUT2D eigenvalue weighted by Crippen LogP contribution is -2.43. The monoisotopic (exact) mass is 323 g/mol. The largest absolute Gasteiger partial charge is 0.341 e. The quantitative estimate of drug-likeness (QED) is 0.845. The molecule has 2 N–H and O–H groups in total. The standard InChI is InChI=1S/C16H25N3O2S/c1-19(11-13-8-10-22-12-13)15(20)7-9-17-16(21)18-14-5-3-2-4-6-14/h8,10,12,14H,2-7,9,11H2,1H3,(H2,17,18,21). The molecule has 0 aromatic carbocycles. The van der Waals surface area contributed by atoms with E-state index >= 15 is 0 Å². The summed E-state index contributed by atoms with van der Waals surface area (Å²) < 4.78 is 0. The third-order valence-corrected chi connectivity index (χ3v) is 4.72. The van der Waals surface area contributed by atoms with Gasteiger partial charge in [0.2, 0.25) is 5.91 Å². The summed E-state index contributed by atoms with van der Waals surface area (Å²) in [5.41, 5.74) is 1.14. The van der Waals surface area contributed by atoms with E-state index in [0.29, 0.717) is 25.6 Å². The van der Waals surface area contributed by atoms with Crippen molar-refractivity contribution in [2.45, 2.75) is 51.1 Å². The van der Waals surface area contributed by atoms with Gasteiger partial charge in [-0.1, -0.05) is 19.3 Å². The maximum absolute atomic E-state index is 12.0. The van der Waals surface area contributed by atoms with Crippen LogP contribution < -0.4 is 10.6 Å². The topological polar surface area (TPSA) is 61.4 Å². The summed E-state index contributed by atoms with van der Waals surface area (Å²) in [6, 6.07) is 2.16. The van der Waals surface area contributed by atoms with Crippen LogP contribution in [0.25, 0.3) is 0 Å². The van der Waals surface area contributed by atoms with Gasteiger partial charge >= 0.3 is 6.03 Å². The van der Waals surface area contributed by atoms with Crippen LogP contribution in [0.5, 0.6) is 0 Å². The van der Waals surface area contributed by atoms with E-state index in [1.807, 2.05) is 16.8 Å². The number of rotatable bonds is 6. The normalized spacial score (nSPS) is 15.3. The number of hydrogen-bond donors (Lipinski definition) is 2. The second-order valence-corrected chi connectivity index (χ2v) is 6.65. The molecule has 1 aliphatic carbocycles. The predicted molar refractivity (Wildman–Crippen MR) is 88.8 cm³/mol. The Morgan fingerprint density at radius 3 is 2.77 bits per heavy atom. The van der Waals surface area contributed by atoms with Gasteiger partial charge in [0, 0.05) is 32.6 Å². The number of thiophene rings is 1. The van der Waals surface area contributed by atoms with Gasteiger partial charge in [0.1, 0.15) is 0 Å². The fourth-order valence-corrected chi connectivity index (χ4v) is 3.36. The van der Waals surface area contributed by atoms with Crippen molar-refractivity contribution in [2.24, 2.45) is 0 Å². The molecule has 0 atom stereocenters. The maximum Gasteiger partial charge on any atom is 0.315 e. The van der Waals surface area contributed by atoms with Crippen LogP contribution in [0.15, 0.2) is 16.8 Å². The molecule has 3 amide bonds. The summed E-state index contributed by atoms with van der Waals surface area (Å²) in [4.78, 5) is 25.5. The molecule has 0 aliphatic heterocycles. The van der Waals surface area contributed by atoms with Gasteiger partial charge in [0.25, 0.3) is 0 Å². The molecule has 0 radical (unpaired) electrons. The summed E-state index contributed by atoms with van der Waals surface area (Å²) >= 11 is 1.63. The lowest BCUT2D eigenvalue weighted by molar-refractivity contribution is -0.130. The zero-order valence-corrected chi connectivity index (χ0v) is 14.0. The Morgan fingerprint density at radius 2 is 2.09 bits per heavy atom. The first kappa shape index (κ1) is 16.8. The van der Waals surface area contributed by atoms with Crippen molar-refractivity contribution in [3.05, 3.63) is 22.4 Å². The van der Waals surface area contributed by atoms with Crippen LogP contribution in [-0.2, 0) is 11.3 Å². The van der Waals surface area contributed by atoms with E-state index in [4.69, 9.17) is 0 Å². The molecular formula is C16H25N3O2S. The van der Waals surface area contributed by atoms with Crippen molar-refractivity contribution < 1.29 is 9.59 Å². The molecule has 22 heavy (non-hydrogen) atoms. The minimum Gasteiger partial charge on any atom is -0.341 e. The minimum atomic E-state index is -0.153. The average Bonchev–Trinajstić information content (AvgIpc) is 3.01. The number of carbonyl (C=O) groups excluding carboxylic acids is 2. The lowest BCUT2D eigenvalue weighted by atomic mass is 9.96. The molecular weight excluding hydrogens is 298 g/mol. The Kier molecular flexibility index (Phi) is 6.71. The van der Waals surface area contributed by atoms with Gasteiger partial charge in [-0.25, -0.2) is 4.79 Å². The van der Waals surface area contributed by atoms with Crippen LogP contribution in [0.2, 0.25) is 0 Å². The average molecular weight is 323 g/mol. The fourth-order valence-electron chi connectivity index (χ4n) is 2.70. The Balaban J connectivity index is 1.60. The van der Waals surface area contributed by atoms with E-state index in [-0.39, 0.29) is 11.9 Å². The highest BCUT2D eigenvalue weighted by atomic mass is 32.1. The third kappa shape index (κ3) is 5.67. The first-order valence-corrected chi connectivity index (χ1v) is 8.89. The zero-order valence-electron chi connectivity index (χ0n) is 13.1. The SMILES string of the molecule is CN(Cc1ccsc1)C(=O)CCNC(=O)NC1CCCCC1. The van der Waals surface area contributed by atoms with E-state index in [2.05, 4.69) is 10.6 Å². The molecule has 5 nitrogen and oxygen atoms in total. The van der Waals surface area contributed by atoms with Crippen LogP contribution in [0.1, 0.15) is 44.1 Å². The lowest BCUT2D eigenvalue weighted by Gasteiger charge is -2.23. The van der Waals surface area contributed by atoms with Crippen LogP contribution in [0.4, 0.5) is 4.79 Å². The van der Waals surface area contributed by atoms with Gasteiger partial charge in [0.05, 0.1) is 0 Å². The Hall–Kier alpha value is -1.56. The molecule has 0 spiro atoms. The molecule has 1 aromatic rings. The molecule has 6 heteroatoms. The van der Waals surface area contributed by atoms with E-state index in [9.17, 15) is 9.59 Å². The van der Waals surface area contributed by atoms with Crippen molar-refractivity contribution in [3.63, 3.8) is 0 Å². The molecule has 1 fully saturated rings. The van der Waals surface area contributed by atoms with Gasteiger partial charge in [-0.05, 0) is 35.2 Å². The molecule has 0 bridgehead atoms. The Morgan fingerprint density at radius 1 is 1.32 bits per heavy atom. The molecule has 1 aliphatic rings. The molecule has 1 aromatic heterocycles. The van der Waals surface area contributed by atoms with Crippen molar-refractivity contribution in [1.29, 1.82) is 0 Å². The molecule has 2 rings (SSSR count). The first-order chi connectivity index (χ1) is 10.6. The number of nitrogens with zero attached hydrogens (tertiary/aromatic N) is 1.